The number of rotatable bonds is 13. The molecule has 0 saturated heterocycles. The fourth-order valence-electron chi connectivity index (χ4n) is 4.17. The van der Waals surface area contributed by atoms with Crippen molar-refractivity contribution < 1.29 is 22.4 Å². The molecule has 0 bridgehead atoms. The molecule has 3 rings (SSSR count). The highest BCUT2D eigenvalue weighted by atomic mass is 35.5. The number of anilines is 1. The Hall–Kier alpha value is -2.85. The van der Waals surface area contributed by atoms with Gasteiger partial charge in [-0.05, 0) is 42.3 Å². The van der Waals surface area contributed by atoms with Crippen LogP contribution in [0.15, 0.2) is 66.7 Å². The van der Waals surface area contributed by atoms with Crippen molar-refractivity contribution in [2.75, 3.05) is 23.7 Å². The number of benzene rings is 3. The van der Waals surface area contributed by atoms with E-state index in [1.165, 1.54) is 11.0 Å². The smallest absolute Gasteiger partial charge is 0.244 e. The number of nitrogens with zero attached hydrogens (tertiary/aromatic N) is 2. The lowest BCUT2D eigenvalue weighted by molar-refractivity contribution is -0.140. The summed E-state index contributed by atoms with van der Waals surface area (Å²) in [5.41, 5.74) is 1.19. The first-order chi connectivity index (χ1) is 19.4. The van der Waals surface area contributed by atoms with E-state index in [1.54, 1.807) is 18.2 Å². The molecule has 41 heavy (non-hydrogen) atoms. The zero-order valence-electron chi connectivity index (χ0n) is 22.6. The van der Waals surface area contributed by atoms with Gasteiger partial charge in [0, 0.05) is 35.1 Å². The van der Waals surface area contributed by atoms with Crippen LogP contribution in [0.25, 0.3) is 0 Å². The molecular formula is C29H31Cl3FN3O4S. The lowest BCUT2D eigenvalue weighted by Gasteiger charge is -2.34. The molecule has 0 aliphatic carbocycles. The van der Waals surface area contributed by atoms with E-state index in [2.05, 4.69) is 5.32 Å². The number of unbranched alkanes of at least 4 members (excludes halogenated alkanes) is 1. The molecule has 2 amide bonds. The molecule has 0 heterocycles. The van der Waals surface area contributed by atoms with E-state index in [0.717, 1.165) is 41.1 Å². The van der Waals surface area contributed by atoms with Gasteiger partial charge in [-0.25, -0.2) is 12.8 Å². The van der Waals surface area contributed by atoms with Crippen LogP contribution in [0.4, 0.5) is 10.1 Å². The minimum absolute atomic E-state index is 0.00465. The molecule has 3 aromatic rings. The quantitative estimate of drug-likeness (QED) is 0.228. The van der Waals surface area contributed by atoms with Crippen LogP contribution in [-0.2, 0) is 32.6 Å². The third kappa shape index (κ3) is 9.07. The number of sulfonamides is 1. The second kappa shape index (κ2) is 14.9. The van der Waals surface area contributed by atoms with Crippen LogP contribution in [0.1, 0.15) is 30.9 Å². The monoisotopic (exact) mass is 641 g/mol. The molecule has 0 spiro atoms. The van der Waals surface area contributed by atoms with Gasteiger partial charge in [-0.15, -0.1) is 0 Å². The molecule has 1 atom stereocenters. The van der Waals surface area contributed by atoms with Crippen LogP contribution in [0.5, 0.6) is 0 Å². The van der Waals surface area contributed by atoms with E-state index < -0.39 is 40.2 Å². The number of halogens is 4. The molecule has 7 nitrogen and oxygen atoms in total. The average molecular weight is 643 g/mol. The first-order valence-electron chi connectivity index (χ1n) is 12.9. The summed E-state index contributed by atoms with van der Waals surface area (Å²) in [7, 11) is -4.04. The summed E-state index contributed by atoms with van der Waals surface area (Å²) in [6.07, 6.45) is 2.66. The Morgan fingerprint density at radius 3 is 2.20 bits per heavy atom. The Morgan fingerprint density at radius 1 is 0.951 bits per heavy atom. The van der Waals surface area contributed by atoms with E-state index >= 15 is 0 Å². The molecule has 0 aliphatic heterocycles. The fourth-order valence-corrected chi connectivity index (χ4v) is 5.70. The summed E-state index contributed by atoms with van der Waals surface area (Å²) < 4.78 is 40.3. The summed E-state index contributed by atoms with van der Waals surface area (Å²) >= 11 is 18.8. The highest BCUT2D eigenvalue weighted by Gasteiger charge is 2.33. The highest BCUT2D eigenvalue weighted by molar-refractivity contribution is 7.92. The normalized spacial score (nSPS) is 12.0. The summed E-state index contributed by atoms with van der Waals surface area (Å²) in [4.78, 5) is 28.9. The molecular weight excluding hydrogens is 612 g/mol. The second-order valence-electron chi connectivity index (χ2n) is 9.44. The maximum atomic E-state index is 14.1. The van der Waals surface area contributed by atoms with E-state index in [9.17, 15) is 22.4 Å². The number of carbonyl (C=O) groups is 2. The van der Waals surface area contributed by atoms with Gasteiger partial charge in [0.2, 0.25) is 21.8 Å². The van der Waals surface area contributed by atoms with Crippen molar-refractivity contribution in [3.63, 3.8) is 0 Å². The number of carbonyl (C=O) groups excluding carboxylic acids is 2. The Morgan fingerprint density at radius 2 is 1.61 bits per heavy atom. The third-order valence-electron chi connectivity index (χ3n) is 6.36. The molecule has 0 radical (unpaired) electrons. The summed E-state index contributed by atoms with van der Waals surface area (Å²) in [5, 5.41) is 3.15. The standard InChI is InChI=1S/C29H31Cl3FN3O4S/c1-3-4-15-34-29(38)27(16-20-9-6-5-7-10-20)35(18-22-23(30)11-8-12-24(22)31)28(37)19-36(41(2,39)40)21-13-14-26(33)25(32)17-21/h5-14,17,27H,3-4,15-16,18-19H2,1-2H3,(H,34,38). The number of hydrogen-bond acceptors (Lipinski definition) is 4. The third-order valence-corrected chi connectivity index (χ3v) is 8.50. The van der Waals surface area contributed by atoms with Crippen molar-refractivity contribution in [3.8, 4) is 0 Å². The molecule has 1 unspecified atom stereocenters. The van der Waals surface area contributed by atoms with Crippen molar-refractivity contribution in [1.82, 2.24) is 10.2 Å². The van der Waals surface area contributed by atoms with Gasteiger partial charge in [0.15, 0.2) is 0 Å². The molecule has 12 heteroatoms. The van der Waals surface area contributed by atoms with Gasteiger partial charge >= 0.3 is 0 Å². The van der Waals surface area contributed by atoms with Crippen molar-refractivity contribution in [2.24, 2.45) is 0 Å². The van der Waals surface area contributed by atoms with E-state index in [0.29, 0.717) is 12.1 Å². The number of hydrogen-bond donors (Lipinski definition) is 1. The van der Waals surface area contributed by atoms with Crippen LogP contribution >= 0.6 is 34.8 Å². The van der Waals surface area contributed by atoms with Gasteiger partial charge in [0.05, 0.1) is 17.0 Å². The van der Waals surface area contributed by atoms with Crippen LogP contribution < -0.4 is 9.62 Å². The zero-order chi connectivity index (χ0) is 30.2. The van der Waals surface area contributed by atoms with Gasteiger partial charge in [0.1, 0.15) is 18.4 Å². The van der Waals surface area contributed by atoms with Gasteiger partial charge < -0.3 is 10.2 Å². The Balaban J connectivity index is 2.09. The Labute approximate surface area is 255 Å². The van der Waals surface area contributed by atoms with Gasteiger partial charge in [-0.1, -0.05) is 84.5 Å². The first-order valence-corrected chi connectivity index (χ1v) is 15.9. The van der Waals surface area contributed by atoms with Gasteiger partial charge in [0.25, 0.3) is 0 Å². The molecule has 0 aliphatic rings. The van der Waals surface area contributed by atoms with E-state index in [4.69, 9.17) is 34.8 Å². The van der Waals surface area contributed by atoms with Crippen molar-refractivity contribution in [2.45, 2.75) is 38.8 Å². The van der Waals surface area contributed by atoms with Crippen molar-refractivity contribution >= 4 is 62.3 Å². The minimum Gasteiger partial charge on any atom is -0.354 e. The van der Waals surface area contributed by atoms with Gasteiger partial charge in [-0.3, -0.25) is 13.9 Å². The molecule has 220 valence electrons. The highest BCUT2D eigenvalue weighted by Crippen LogP contribution is 2.29. The Bertz CT molecular complexity index is 1460. The number of amides is 2. The van der Waals surface area contributed by atoms with E-state index in [-0.39, 0.29) is 33.7 Å². The van der Waals surface area contributed by atoms with Crippen LogP contribution in [0.2, 0.25) is 15.1 Å². The van der Waals surface area contributed by atoms with Crippen LogP contribution in [-0.4, -0.2) is 50.5 Å². The summed E-state index contributed by atoms with van der Waals surface area (Å²) in [6.45, 7) is 1.54. The lowest BCUT2D eigenvalue weighted by Crippen LogP contribution is -2.53. The molecule has 1 N–H and O–H groups in total. The SMILES string of the molecule is CCCCNC(=O)C(Cc1ccccc1)N(Cc1c(Cl)cccc1Cl)C(=O)CN(c1ccc(F)c(Cl)c1)S(C)(=O)=O. The summed E-state index contributed by atoms with van der Waals surface area (Å²) in [6, 6.07) is 16.3. The molecule has 0 aromatic heterocycles. The predicted molar refractivity (Wildman–Crippen MR) is 162 cm³/mol. The minimum atomic E-state index is -4.04. The average Bonchev–Trinajstić information content (AvgIpc) is 2.92. The zero-order valence-corrected chi connectivity index (χ0v) is 25.7. The second-order valence-corrected chi connectivity index (χ2v) is 12.6. The van der Waals surface area contributed by atoms with Crippen molar-refractivity contribution in [3.05, 3.63) is 98.7 Å². The van der Waals surface area contributed by atoms with E-state index in [1.807, 2.05) is 37.3 Å². The first kappa shape index (κ1) is 32.7. The van der Waals surface area contributed by atoms with Crippen LogP contribution in [0, 0.1) is 5.82 Å². The molecule has 0 fully saturated rings. The molecule has 0 saturated carbocycles. The van der Waals surface area contributed by atoms with Crippen molar-refractivity contribution in [1.29, 1.82) is 0 Å². The predicted octanol–water partition coefficient (Wildman–Crippen LogP) is 6.11. The fraction of sp³-hybridized carbons (Fsp3) is 0.310. The molecule has 3 aromatic carbocycles. The summed E-state index contributed by atoms with van der Waals surface area (Å²) in [5.74, 6) is -1.84. The number of nitrogens with one attached hydrogen (secondary N) is 1. The van der Waals surface area contributed by atoms with Gasteiger partial charge in [-0.2, -0.15) is 0 Å². The van der Waals surface area contributed by atoms with Crippen LogP contribution in [0.3, 0.4) is 0 Å². The topological polar surface area (TPSA) is 86.8 Å². The largest absolute Gasteiger partial charge is 0.354 e. The Kier molecular flexibility index (Phi) is 11.8. The lowest BCUT2D eigenvalue weighted by atomic mass is 10.0. The maximum Gasteiger partial charge on any atom is 0.244 e. The maximum absolute atomic E-state index is 14.1.